The molecule has 0 spiro atoms. The van der Waals surface area contributed by atoms with E-state index in [1.165, 1.54) is 16.7 Å². The normalized spacial score (nSPS) is 15.4. The van der Waals surface area contributed by atoms with Crippen molar-refractivity contribution in [1.29, 1.82) is 0 Å². The lowest BCUT2D eigenvalue weighted by atomic mass is 10.2. The van der Waals surface area contributed by atoms with Gasteiger partial charge in [0.2, 0.25) is 0 Å². The van der Waals surface area contributed by atoms with Gasteiger partial charge in [-0.2, -0.15) is 0 Å². The van der Waals surface area contributed by atoms with Crippen LogP contribution in [-0.2, 0) is 6.54 Å². The summed E-state index contributed by atoms with van der Waals surface area (Å²) in [5.41, 5.74) is 1.35. The summed E-state index contributed by atoms with van der Waals surface area (Å²) in [7, 11) is 0. The molecule has 1 fully saturated rings. The first-order valence-corrected chi connectivity index (χ1v) is 8.14. The Morgan fingerprint density at radius 1 is 1.17 bits per heavy atom. The lowest BCUT2D eigenvalue weighted by Gasteiger charge is -2.33. The fraction of sp³-hybridized carbons (Fsp3) is 0.294. The summed E-state index contributed by atoms with van der Waals surface area (Å²) < 4.78 is 5.07. The first kappa shape index (κ1) is 15.7. The number of furan rings is 1. The second-order valence-corrected chi connectivity index (χ2v) is 6.02. The van der Waals surface area contributed by atoms with E-state index in [-0.39, 0.29) is 11.7 Å². The molecule has 0 unspecified atom stereocenters. The van der Waals surface area contributed by atoms with E-state index in [1.807, 2.05) is 11.0 Å². The van der Waals surface area contributed by atoms with Crippen LogP contribution in [0.25, 0.3) is 0 Å². The highest BCUT2D eigenvalue weighted by atomic mass is 32.1. The number of hydrogen-bond donors (Lipinski definition) is 2. The zero-order chi connectivity index (χ0) is 16.1. The van der Waals surface area contributed by atoms with E-state index in [9.17, 15) is 4.79 Å². The van der Waals surface area contributed by atoms with Crippen LogP contribution in [0.5, 0.6) is 0 Å². The Kier molecular flexibility index (Phi) is 5.05. The third kappa shape index (κ3) is 4.18. The molecule has 1 saturated heterocycles. The summed E-state index contributed by atoms with van der Waals surface area (Å²) in [6.45, 7) is 4.73. The number of piperazine rings is 1. The molecule has 0 radical (unpaired) electrons. The van der Waals surface area contributed by atoms with Crippen LogP contribution in [0.3, 0.4) is 0 Å². The quantitative estimate of drug-likeness (QED) is 0.814. The van der Waals surface area contributed by atoms with Gasteiger partial charge in [-0.25, -0.2) is 0 Å². The molecule has 0 atom stereocenters. The fourth-order valence-corrected chi connectivity index (χ4v) is 3.01. The van der Waals surface area contributed by atoms with Crippen LogP contribution >= 0.6 is 12.2 Å². The highest BCUT2D eigenvalue weighted by molar-refractivity contribution is 7.80. The second kappa shape index (κ2) is 7.39. The molecule has 3 rings (SSSR count). The molecule has 0 aliphatic carbocycles. The first-order chi connectivity index (χ1) is 11.2. The summed E-state index contributed by atoms with van der Waals surface area (Å²) in [4.78, 5) is 15.5. The van der Waals surface area contributed by atoms with Crippen LogP contribution in [0.2, 0.25) is 0 Å². The molecule has 2 heterocycles. The number of carbonyl (C=O) groups is 1. The van der Waals surface area contributed by atoms with Crippen LogP contribution in [0.15, 0.2) is 53.1 Å². The van der Waals surface area contributed by atoms with Crippen molar-refractivity contribution in [3.8, 4) is 0 Å². The van der Waals surface area contributed by atoms with Crippen LogP contribution in [0.4, 0.5) is 0 Å². The molecule has 6 heteroatoms. The molecule has 1 amide bonds. The zero-order valence-electron chi connectivity index (χ0n) is 12.8. The number of hydrogen-bond acceptors (Lipinski definition) is 3. The molecule has 1 aromatic carbocycles. The number of quaternary nitrogens is 1. The minimum Gasteiger partial charge on any atom is -0.459 e. The zero-order valence-corrected chi connectivity index (χ0v) is 13.6. The molecule has 23 heavy (non-hydrogen) atoms. The largest absolute Gasteiger partial charge is 0.459 e. The van der Waals surface area contributed by atoms with Crippen molar-refractivity contribution in [1.82, 2.24) is 10.2 Å². The Morgan fingerprint density at radius 2 is 1.91 bits per heavy atom. The summed E-state index contributed by atoms with van der Waals surface area (Å²) in [6, 6.07) is 13.8. The summed E-state index contributed by atoms with van der Waals surface area (Å²) in [5.74, 6) is -0.0141. The van der Waals surface area contributed by atoms with E-state index >= 15 is 0 Å². The maximum Gasteiger partial charge on any atom is 0.293 e. The molecule has 1 aliphatic rings. The van der Waals surface area contributed by atoms with Crippen molar-refractivity contribution < 1.29 is 14.1 Å². The molecular weight excluding hydrogens is 310 g/mol. The summed E-state index contributed by atoms with van der Waals surface area (Å²) in [5, 5.41) is 3.21. The van der Waals surface area contributed by atoms with Crippen LogP contribution < -0.4 is 10.2 Å². The molecule has 120 valence electrons. The minimum atomic E-state index is -0.293. The number of benzene rings is 1. The van der Waals surface area contributed by atoms with E-state index in [4.69, 9.17) is 16.6 Å². The smallest absolute Gasteiger partial charge is 0.293 e. The third-order valence-corrected chi connectivity index (χ3v) is 4.38. The number of nitrogens with one attached hydrogen (secondary N) is 2. The third-order valence-electron chi connectivity index (χ3n) is 4.02. The highest BCUT2D eigenvalue weighted by Gasteiger charge is 2.23. The lowest BCUT2D eigenvalue weighted by molar-refractivity contribution is -0.917. The Hall–Kier alpha value is -2.18. The van der Waals surface area contributed by atoms with Gasteiger partial charge in [0.1, 0.15) is 6.54 Å². The molecule has 5 nitrogen and oxygen atoms in total. The van der Waals surface area contributed by atoms with Gasteiger partial charge in [0.25, 0.3) is 5.91 Å². The SMILES string of the molecule is O=C(NC(=S)N1CC[NH+](Cc2ccccc2)CC1)c1ccco1. The van der Waals surface area contributed by atoms with Crippen molar-refractivity contribution in [2.24, 2.45) is 0 Å². The van der Waals surface area contributed by atoms with Crippen molar-refractivity contribution in [3.63, 3.8) is 0 Å². The van der Waals surface area contributed by atoms with Gasteiger partial charge >= 0.3 is 0 Å². The Morgan fingerprint density at radius 3 is 2.57 bits per heavy atom. The monoisotopic (exact) mass is 330 g/mol. The Bertz CT molecular complexity index is 650. The molecule has 2 N–H and O–H groups in total. The van der Waals surface area contributed by atoms with Crippen molar-refractivity contribution in [2.75, 3.05) is 26.2 Å². The number of rotatable bonds is 3. The van der Waals surface area contributed by atoms with Crippen molar-refractivity contribution in [2.45, 2.75) is 6.54 Å². The van der Waals surface area contributed by atoms with E-state index < -0.39 is 0 Å². The Labute approximate surface area is 140 Å². The summed E-state index contributed by atoms with van der Waals surface area (Å²) in [6.07, 6.45) is 1.48. The van der Waals surface area contributed by atoms with Gasteiger partial charge in [-0.15, -0.1) is 0 Å². The maximum absolute atomic E-state index is 11.9. The van der Waals surface area contributed by atoms with Gasteiger partial charge in [-0.05, 0) is 24.4 Å². The van der Waals surface area contributed by atoms with Gasteiger partial charge in [0, 0.05) is 5.56 Å². The molecule has 1 aromatic heterocycles. The molecular formula is C17H20N3O2S+. The first-order valence-electron chi connectivity index (χ1n) is 7.73. The second-order valence-electron chi connectivity index (χ2n) is 5.64. The van der Waals surface area contributed by atoms with Gasteiger partial charge in [0.15, 0.2) is 10.9 Å². The average Bonchev–Trinajstić information content (AvgIpc) is 3.11. The van der Waals surface area contributed by atoms with E-state index in [1.54, 1.807) is 12.1 Å². The van der Waals surface area contributed by atoms with E-state index in [0.29, 0.717) is 5.11 Å². The van der Waals surface area contributed by atoms with Gasteiger partial charge in [0.05, 0.1) is 32.4 Å². The van der Waals surface area contributed by atoms with Gasteiger partial charge in [-0.1, -0.05) is 30.3 Å². The summed E-state index contributed by atoms with van der Waals surface area (Å²) >= 11 is 5.34. The number of carbonyl (C=O) groups excluding carboxylic acids is 1. The predicted octanol–water partition coefficient (Wildman–Crippen LogP) is 0.695. The van der Waals surface area contributed by atoms with Gasteiger partial charge < -0.3 is 14.2 Å². The minimum absolute atomic E-state index is 0.278. The van der Waals surface area contributed by atoms with Crippen LogP contribution in [-0.4, -0.2) is 42.1 Å². The van der Waals surface area contributed by atoms with E-state index in [0.717, 1.165) is 32.7 Å². The highest BCUT2D eigenvalue weighted by Crippen LogP contribution is 2.01. The Balaban J connectivity index is 1.47. The molecule has 2 aromatic rings. The van der Waals surface area contributed by atoms with Gasteiger partial charge in [-0.3, -0.25) is 10.1 Å². The predicted molar refractivity (Wildman–Crippen MR) is 91.2 cm³/mol. The lowest BCUT2D eigenvalue weighted by Crippen LogP contribution is -3.13. The van der Waals surface area contributed by atoms with Crippen LogP contribution in [0, 0.1) is 0 Å². The van der Waals surface area contributed by atoms with E-state index in [2.05, 4.69) is 29.6 Å². The molecule has 0 bridgehead atoms. The number of amides is 1. The topological polar surface area (TPSA) is 49.9 Å². The maximum atomic E-state index is 11.9. The number of nitrogens with zero attached hydrogens (tertiary/aromatic N) is 1. The number of thiocarbonyl (C=S) groups is 1. The average molecular weight is 330 g/mol. The van der Waals surface area contributed by atoms with Crippen molar-refractivity contribution >= 4 is 23.2 Å². The molecule has 1 aliphatic heterocycles. The standard InChI is InChI=1S/C17H19N3O2S/c21-16(15-7-4-12-22-15)18-17(23)20-10-8-19(9-11-20)13-14-5-2-1-3-6-14/h1-7,12H,8-11,13H2,(H,18,21,23)/p+1. The fourth-order valence-electron chi connectivity index (χ4n) is 2.73. The van der Waals surface area contributed by atoms with Crippen LogP contribution in [0.1, 0.15) is 16.1 Å². The molecule has 0 saturated carbocycles. The van der Waals surface area contributed by atoms with Crippen molar-refractivity contribution in [3.05, 3.63) is 60.1 Å².